The molecule has 78 valence electrons. The van der Waals surface area contributed by atoms with Gasteiger partial charge >= 0.3 is 0 Å². The van der Waals surface area contributed by atoms with Crippen LogP contribution in [0, 0.1) is 5.82 Å². The fourth-order valence-electron chi connectivity index (χ4n) is 1.43. The third kappa shape index (κ3) is 2.81. The molecule has 0 saturated heterocycles. The van der Waals surface area contributed by atoms with E-state index in [2.05, 4.69) is 13.8 Å². The maximum Gasteiger partial charge on any atom is 0.126 e. The SMILES string of the molecule is CC(O)Cc1cc(C(C)C)ccc1F. The first-order chi connectivity index (χ1) is 6.50. The van der Waals surface area contributed by atoms with Gasteiger partial charge in [-0.25, -0.2) is 4.39 Å². The van der Waals surface area contributed by atoms with Gasteiger partial charge in [0.15, 0.2) is 0 Å². The normalized spacial score (nSPS) is 13.3. The summed E-state index contributed by atoms with van der Waals surface area (Å²) < 4.78 is 13.3. The van der Waals surface area contributed by atoms with Crippen molar-refractivity contribution in [3.8, 4) is 0 Å². The van der Waals surface area contributed by atoms with Gasteiger partial charge in [0.25, 0.3) is 0 Å². The molecule has 0 aromatic heterocycles. The molecule has 1 N–H and O–H groups in total. The van der Waals surface area contributed by atoms with E-state index in [-0.39, 0.29) is 5.82 Å². The van der Waals surface area contributed by atoms with Crippen molar-refractivity contribution in [2.45, 2.75) is 39.2 Å². The molecule has 0 aliphatic rings. The van der Waals surface area contributed by atoms with E-state index in [1.54, 1.807) is 13.0 Å². The predicted octanol–water partition coefficient (Wildman–Crippen LogP) is 2.87. The zero-order valence-corrected chi connectivity index (χ0v) is 8.92. The standard InChI is InChI=1S/C12H17FO/c1-8(2)10-4-5-12(13)11(7-10)6-9(3)14/h4-5,7-9,14H,6H2,1-3H3. The number of benzene rings is 1. The monoisotopic (exact) mass is 196 g/mol. The second kappa shape index (κ2) is 4.56. The zero-order chi connectivity index (χ0) is 10.7. The minimum absolute atomic E-state index is 0.227. The van der Waals surface area contributed by atoms with Crippen LogP contribution in [0.2, 0.25) is 0 Å². The third-order valence-corrected chi connectivity index (χ3v) is 2.25. The summed E-state index contributed by atoms with van der Waals surface area (Å²) in [7, 11) is 0. The van der Waals surface area contributed by atoms with Gasteiger partial charge in [-0.05, 0) is 30.0 Å². The fourth-order valence-corrected chi connectivity index (χ4v) is 1.43. The van der Waals surface area contributed by atoms with E-state index in [1.807, 2.05) is 6.07 Å². The second-order valence-electron chi connectivity index (χ2n) is 4.06. The molecule has 14 heavy (non-hydrogen) atoms. The maximum absolute atomic E-state index is 13.3. The van der Waals surface area contributed by atoms with Crippen LogP contribution in [0.25, 0.3) is 0 Å². The average molecular weight is 196 g/mol. The first kappa shape index (κ1) is 11.2. The molecule has 0 amide bonds. The minimum Gasteiger partial charge on any atom is -0.393 e. The molecule has 1 aromatic carbocycles. The van der Waals surface area contributed by atoms with Crippen LogP contribution in [0.1, 0.15) is 37.8 Å². The van der Waals surface area contributed by atoms with Crippen molar-refractivity contribution in [2.75, 3.05) is 0 Å². The van der Waals surface area contributed by atoms with Gasteiger partial charge in [-0.1, -0.05) is 26.0 Å². The van der Waals surface area contributed by atoms with Gasteiger partial charge in [-0.3, -0.25) is 0 Å². The molecule has 1 nitrogen and oxygen atoms in total. The van der Waals surface area contributed by atoms with Crippen LogP contribution in [-0.4, -0.2) is 11.2 Å². The van der Waals surface area contributed by atoms with Crippen LogP contribution in [0.4, 0.5) is 4.39 Å². The molecule has 0 aliphatic heterocycles. The Morgan fingerprint density at radius 1 is 1.29 bits per heavy atom. The molecule has 2 heteroatoms. The first-order valence-corrected chi connectivity index (χ1v) is 4.97. The largest absolute Gasteiger partial charge is 0.393 e. The zero-order valence-electron chi connectivity index (χ0n) is 8.92. The molecule has 0 spiro atoms. The maximum atomic E-state index is 13.3. The number of aliphatic hydroxyl groups excluding tert-OH is 1. The van der Waals surface area contributed by atoms with Crippen molar-refractivity contribution >= 4 is 0 Å². The van der Waals surface area contributed by atoms with Crippen LogP contribution < -0.4 is 0 Å². The van der Waals surface area contributed by atoms with Crippen molar-refractivity contribution in [3.63, 3.8) is 0 Å². The van der Waals surface area contributed by atoms with Crippen LogP contribution in [0.3, 0.4) is 0 Å². The Morgan fingerprint density at radius 3 is 2.43 bits per heavy atom. The van der Waals surface area contributed by atoms with Gasteiger partial charge in [0.2, 0.25) is 0 Å². The quantitative estimate of drug-likeness (QED) is 0.788. The van der Waals surface area contributed by atoms with Crippen LogP contribution in [-0.2, 0) is 6.42 Å². The molecule has 0 bridgehead atoms. The molecule has 1 atom stereocenters. The van der Waals surface area contributed by atoms with Gasteiger partial charge in [0, 0.05) is 6.42 Å². The van der Waals surface area contributed by atoms with Crippen molar-refractivity contribution in [3.05, 3.63) is 35.1 Å². The van der Waals surface area contributed by atoms with Crippen LogP contribution in [0.15, 0.2) is 18.2 Å². The number of halogens is 1. The van der Waals surface area contributed by atoms with Gasteiger partial charge in [0.05, 0.1) is 6.10 Å². The highest BCUT2D eigenvalue weighted by Crippen LogP contribution is 2.19. The molecule has 0 aliphatic carbocycles. The molecule has 0 radical (unpaired) electrons. The fraction of sp³-hybridized carbons (Fsp3) is 0.500. The van der Waals surface area contributed by atoms with Gasteiger partial charge < -0.3 is 5.11 Å². The first-order valence-electron chi connectivity index (χ1n) is 4.97. The topological polar surface area (TPSA) is 20.2 Å². The summed E-state index contributed by atoms with van der Waals surface area (Å²) in [5.74, 6) is 0.165. The highest BCUT2D eigenvalue weighted by Gasteiger charge is 2.08. The lowest BCUT2D eigenvalue weighted by Gasteiger charge is -2.10. The number of hydrogen-bond acceptors (Lipinski definition) is 1. The second-order valence-corrected chi connectivity index (χ2v) is 4.06. The predicted molar refractivity (Wildman–Crippen MR) is 55.9 cm³/mol. The summed E-state index contributed by atoms with van der Waals surface area (Å²) in [6.45, 7) is 5.81. The number of rotatable bonds is 3. The molecular weight excluding hydrogens is 179 g/mol. The summed E-state index contributed by atoms with van der Waals surface area (Å²) >= 11 is 0. The number of hydrogen-bond donors (Lipinski definition) is 1. The van der Waals surface area contributed by atoms with Crippen molar-refractivity contribution in [1.82, 2.24) is 0 Å². The van der Waals surface area contributed by atoms with E-state index in [1.165, 1.54) is 6.07 Å². The van der Waals surface area contributed by atoms with Crippen LogP contribution >= 0.6 is 0 Å². The van der Waals surface area contributed by atoms with E-state index in [0.717, 1.165) is 5.56 Å². The Hall–Kier alpha value is -0.890. The van der Waals surface area contributed by atoms with E-state index < -0.39 is 6.10 Å². The molecule has 0 saturated carbocycles. The number of aliphatic hydroxyl groups is 1. The van der Waals surface area contributed by atoms with E-state index in [9.17, 15) is 9.50 Å². The Bertz CT molecular complexity index is 305. The highest BCUT2D eigenvalue weighted by molar-refractivity contribution is 5.27. The molecule has 1 unspecified atom stereocenters. The van der Waals surface area contributed by atoms with Crippen molar-refractivity contribution < 1.29 is 9.50 Å². The van der Waals surface area contributed by atoms with Gasteiger partial charge in [0.1, 0.15) is 5.82 Å². The Balaban J connectivity index is 2.96. The smallest absolute Gasteiger partial charge is 0.126 e. The Kier molecular flexibility index (Phi) is 3.64. The van der Waals surface area contributed by atoms with Crippen LogP contribution in [0.5, 0.6) is 0 Å². The molecule has 0 fully saturated rings. The van der Waals surface area contributed by atoms with E-state index >= 15 is 0 Å². The highest BCUT2D eigenvalue weighted by atomic mass is 19.1. The molecule has 1 rings (SSSR count). The summed E-state index contributed by atoms with van der Waals surface area (Å²) in [6, 6.07) is 5.12. The minimum atomic E-state index is -0.494. The Labute approximate surface area is 84.6 Å². The van der Waals surface area contributed by atoms with Crippen molar-refractivity contribution in [1.29, 1.82) is 0 Å². The van der Waals surface area contributed by atoms with Crippen molar-refractivity contribution in [2.24, 2.45) is 0 Å². The molecular formula is C12H17FO. The summed E-state index contributed by atoms with van der Waals surface area (Å²) in [5, 5.41) is 9.19. The Morgan fingerprint density at radius 2 is 1.93 bits per heavy atom. The summed E-state index contributed by atoms with van der Waals surface area (Å²) in [5.41, 5.74) is 1.72. The summed E-state index contributed by atoms with van der Waals surface area (Å²) in [6.07, 6.45) is -0.112. The third-order valence-electron chi connectivity index (χ3n) is 2.25. The van der Waals surface area contributed by atoms with E-state index in [0.29, 0.717) is 17.9 Å². The molecule has 1 aromatic rings. The lowest BCUT2D eigenvalue weighted by molar-refractivity contribution is 0.194. The lowest BCUT2D eigenvalue weighted by Crippen LogP contribution is -2.06. The van der Waals surface area contributed by atoms with Gasteiger partial charge in [-0.2, -0.15) is 0 Å². The average Bonchev–Trinajstić information content (AvgIpc) is 2.07. The lowest BCUT2D eigenvalue weighted by atomic mass is 9.98. The van der Waals surface area contributed by atoms with Gasteiger partial charge in [-0.15, -0.1) is 0 Å². The summed E-state index contributed by atoms with van der Waals surface area (Å²) in [4.78, 5) is 0. The van der Waals surface area contributed by atoms with E-state index in [4.69, 9.17) is 0 Å². The molecule has 0 heterocycles.